The van der Waals surface area contributed by atoms with Gasteiger partial charge in [0.25, 0.3) is 0 Å². The first-order chi connectivity index (χ1) is 13.0. The fourth-order valence-electron chi connectivity index (χ4n) is 2.93. The van der Waals surface area contributed by atoms with Crippen LogP contribution >= 0.6 is 11.6 Å². The highest BCUT2D eigenvalue weighted by molar-refractivity contribution is 6.32. The number of hydrogen-bond donors (Lipinski definition) is 1. The Balaban J connectivity index is 2.02. The monoisotopic (exact) mass is 388 g/mol. The minimum absolute atomic E-state index is 0.184. The first-order valence-corrected chi connectivity index (χ1v) is 8.87. The molecule has 1 N–H and O–H groups in total. The number of carbonyl (C=O) groups excluding carboxylic acids is 2. The molecule has 2 aromatic rings. The van der Waals surface area contributed by atoms with Gasteiger partial charge in [-0.1, -0.05) is 23.7 Å². The van der Waals surface area contributed by atoms with E-state index in [1.165, 1.54) is 13.2 Å². The molecule has 0 aromatic heterocycles. The number of nitrogens with zero attached hydrogens (tertiary/aromatic N) is 1. The van der Waals surface area contributed by atoms with E-state index in [4.69, 9.17) is 11.6 Å². The molecule has 0 fully saturated rings. The van der Waals surface area contributed by atoms with Gasteiger partial charge in [-0.05, 0) is 43.2 Å². The maximum absolute atomic E-state index is 14.4. The first kappa shape index (κ1) is 19.0. The standard InChI is InChI=1S/C20H18ClFN2O3/c1-27-18(25)8-4-7-17-20(26)24-16-10-9-12(21)11-14(16)19(23-17)13-5-2-3-6-15(13)22/h2-3,5-6,9-11,17H,4,7-8H2,1H3,(H,24,26)/t17-/m0/s1. The Kier molecular flexibility index (Phi) is 5.86. The van der Waals surface area contributed by atoms with Crippen molar-refractivity contribution in [3.05, 3.63) is 64.4 Å². The molecule has 1 atom stereocenters. The molecule has 0 spiro atoms. The molecule has 2 aromatic carbocycles. The van der Waals surface area contributed by atoms with Crippen molar-refractivity contribution in [2.75, 3.05) is 12.4 Å². The molecule has 0 radical (unpaired) electrons. The number of halogens is 2. The quantitative estimate of drug-likeness (QED) is 0.788. The van der Waals surface area contributed by atoms with Crippen LogP contribution in [0.2, 0.25) is 5.02 Å². The molecule has 0 bridgehead atoms. The molecular weight excluding hydrogens is 371 g/mol. The van der Waals surface area contributed by atoms with Gasteiger partial charge in [0.05, 0.1) is 18.5 Å². The van der Waals surface area contributed by atoms with Gasteiger partial charge in [0, 0.05) is 22.6 Å². The lowest BCUT2D eigenvalue weighted by Gasteiger charge is -2.11. The Morgan fingerprint density at radius 2 is 2.04 bits per heavy atom. The number of esters is 1. The highest BCUT2D eigenvalue weighted by atomic mass is 35.5. The van der Waals surface area contributed by atoms with Crippen LogP contribution in [0, 0.1) is 5.82 Å². The second kappa shape index (κ2) is 8.31. The Morgan fingerprint density at radius 3 is 2.78 bits per heavy atom. The predicted octanol–water partition coefficient (Wildman–Crippen LogP) is 3.98. The SMILES string of the molecule is COC(=O)CCC[C@@H]1N=C(c2ccccc2F)c2cc(Cl)ccc2NC1=O. The predicted molar refractivity (Wildman–Crippen MR) is 102 cm³/mol. The fraction of sp³-hybridized carbons (Fsp3) is 0.250. The molecule has 0 aliphatic carbocycles. The zero-order valence-corrected chi connectivity index (χ0v) is 15.4. The summed E-state index contributed by atoms with van der Waals surface area (Å²) in [6, 6.07) is 10.5. The van der Waals surface area contributed by atoms with Crippen molar-refractivity contribution >= 4 is 34.9 Å². The number of ether oxygens (including phenoxy) is 1. The lowest BCUT2D eigenvalue weighted by atomic mass is 10.00. The summed E-state index contributed by atoms with van der Waals surface area (Å²) in [7, 11) is 1.31. The second-order valence-corrected chi connectivity index (χ2v) is 6.56. The Hall–Kier alpha value is -2.73. The van der Waals surface area contributed by atoms with Gasteiger partial charge in [-0.3, -0.25) is 14.6 Å². The van der Waals surface area contributed by atoms with Crippen molar-refractivity contribution < 1.29 is 18.7 Å². The molecule has 0 saturated heterocycles. The molecule has 7 heteroatoms. The molecule has 0 saturated carbocycles. The van der Waals surface area contributed by atoms with E-state index in [1.54, 1.807) is 36.4 Å². The average molecular weight is 389 g/mol. The number of fused-ring (bicyclic) bond motifs is 1. The van der Waals surface area contributed by atoms with Crippen molar-refractivity contribution in [1.29, 1.82) is 0 Å². The highest BCUT2D eigenvalue weighted by Gasteiger charge is 2.27. The number of amides is 1. The Labute approximate surface area is 161 Å². The third-order valence-corrected chi connectivity index (χ3v) is 4.53. The molecule has 0 unspecified atom stereocenters. The fourth-order valence-corrected chi connectivity index (χ4v) is 3.10. The number of anilines is 1. The number of aliphatic imine (C=N–C) groups is 1. The summed E-state index contributed by atoms with van der Waals surface area (Å²) in [6.45, 7) is 0. The third kappa shape index (κ3) is 4.34. The summed E-state index contributed by atoms with van der Waals surface area (Å²) in [4.78, 5) is 28.5. The molecule has 1 heterocycles. The molecule has 3 rings (SSSR count). The van der Waals surface area contributed by atoms with Crippen LogP contribution in [0.5, 0.6) is 0 Å². The lowest BCUT2D eigenvalue weighted by molar-refractivity contribution is -0.140. The van der Waals surface area contributed by atoms with E-state index in [2.05, 4.69) is 15.0 Å². The van der Waals surface area contributed by atoms with Crippen molar-refractivity contribution in [2.24, 2.45) is 4.99 Å². The number of benzene rings is 2. The minimum atomic E-state index is -0.754. The largest absolute Gasteiger partial charge is 0.469 e. The van der Waals surface area contributed by atoms with Gasteiger partial charge < -0.3 is 10.1 Å². The van der Waals surface area contributed by atoms with Gasteiger partial charge in [-0.25, -0.2) is 4.39 Å². The molecule has 140 valence electrons. The number of methoxy groups -OCH3 is 1. The minimum Gasteiger partial charge on any atom is -0.469 e. The Morgan fingerprint density at radius 1 is 1.26 bits per heavy atom. The van der Waals surface area contributed by atoms with E-state index < -0.39 is 11.9 Å². The normalized spacial score (nSPS) is 16.0. The number of nitrogens with one attached hydrogen (secondary N) is 1. The van der Waals surface area contributed by atoms with Crippen molar-refractivity contribution in [3.8, 4) is 0 Å². The summed E-state index contributed by atoms with van der Waals surface area (Å²) in [6.07, 6.45) is 0.945. The zero-order valence-electron chi connectivity index (χ0n) is 14.7. The maximum Gasteiger partial charge on any atom is 0.305 e. The number of carbonyl (C=O) groups is 2. The van der Waals surface area contributed by atoms with E-state index in [0.717, 1.165) is 0 Å². The summed E-state index contributed by atoms with van der Waals surface area (Å²) in [5, 5.41) is 3.28. The Bertz CT molecular complexity index is 914. The van der Waals surface area contributed by atoms with Crippen LogP contribution in [0.3, 0.4) is 0 Å². The van der Waals surface area contributed by atoms with Gasteiger partial charge in [0.15, 0.2) is 0 Å². The lowest BCUT2D eigenvalue weighted by Crippen LogP contribution is -2.25. The van der Waals surface area contributed by atoms with Gasteiger partial charge >= 0.3 is 5.97 Å². The van der Waals surface area contributed by atoms with Crippen LogP contribution in [0.4, 0.5) is 10.1 Å². The van der Waals surface area contributed by atoms with Crippen molar-refractivity contribution in [2.45, 2.75) is 25.3 Å². The van der Waals surface area contributed by atoms with Gasteiger partial charge in [0.1, 0.15) is 11.9 Å². The summed E-state index contributed by atoms with van der Waals surface area (Å²) < 4.78 is 19.1. The smallest absolute Gasteiger partial charge is 0.305 e. The number of rotatable bonds is 5. The third-order valence-electron chi connectivity index (χ3n) is 4.30. The van der Waals surface area contributed by atoms with Crippen LogP contribution in [-0.4, -0.2) is 30.7 Å². The van der Waals surface area contributed by atoms with Crippen molar-refractivity contribution in [1.82, 2.24) is 0 Å². The van der Waals surface area contributed by atoms with Crippen molar-refractivity contribution in [3.63, 3.8) is 0 Å². The van der Waals surface area contributed by atoms with Crippen LogP contribution in [0.25, 0.3) is 0 Å². The molecule has 1 aliphatic heterocycles. The molecule has 1 aliphatic rings. The number of benzodiazepines with no additional fused rings is 1. The van der Waals surface area contributed by atoms with Crippen LogP contribution in [-0.2, 0) is 14.3 Å². The van der Waals surface area contributed by atoms with Crippen LogP contribution < -0.4 is 5.32 Å². The molecular formula is C20H18ClFN2O3. The highest BCUT2D eigenvalue weighted by Crippen LogP contribution is 2.29. The van der Waals surface area contributed by atoms with Crippen LogP contribution in [0.1, 0.15) is 30.4 Å². The van der Waals surface area contributed by atoms with Crippen LogP contribution in [0.15, 0.2) is 47.5 Å². The summed E-state index contributed by atoms with van der Waals surface area (Å²) in [5.74, 6) is -1.10. The zero-order chi connectivity index (χ0) is 19.4. The second-order valence-electron chi connectivity index (χ2n) is 6.12. The number of hydrogen-bond acceptors (Lipinski definition) is 4. The van der Waals surface area contributed by atoms with E-state index in [-0.39, 0.29) is 23.9 Å². The molecule has 1 amide bonds. The maximum atomic E-state index is 14.4. The summed E-state index contributed by atoms with van der Waals surface area (Å²) >= 11 is 6.12. The van der Waals surface area contributed by atoms with E-state index >= 15 is 0 Å². The molecule has 27 heavy (non-hydrogen) atoms. The topological polar surface area (TPSA) is 67.8 Å². The van der Waals surface area contributed by atoms with E-state index in [0.29, 0.717) is 34.8 Å². The summed E-state index contributed by atoms with van der Waals surface area (Å²) in [5.41, 5.74) is 1.71. The van der Waals surface area contributed by atoms with Gasteiger partial charge in [0.2, 0.25) is 5.91 Å². The first-order valence-electron chi connectivity index (χ1n) is 8.50. The van der Waals surface area contributed by atoms with Gasteiger partial charge in [-0.15, -0.1) is 0 Å². The molecule has 5 nitrogen and oxygen atoms in total. The van der Waals surface area contributed by atoms with E-state index in [9.17, 15) is 14.0 Å². The van der Waals surface area contributed by atoms with E-state index in [1.807, 2.05) is 0 Å². The average Bonchev–Trinajstić information content (AvgIpc) is 2.79. The van der Waals surface area contributed by atoms with Gasteiger partial charge in [-0.2, -0.15) is 0 Å².